The first-order valence-corrected chi connectivity index (χ1v) is 11.4. The van der Waals surface area contributed by atoms with Crippen molar-refractivity contribution in [2.45, 2.75) is 44.6 Å². The molecule has 1 saturated heterocycles. The maximum absolute atomic E-state index is 13.0. The normalized spacial score (nSPS) is 17.4. The van der Waals surface area contributed by atoms with E-state index in [1.165, 1.54) is 12.1 Å². The number of hydrogen-bond donors (Lipinski definition) is 1. The predicted molar refractivity (Wildman–Crippen MR) is 126 cm³/mol. The fourth-order valence-corrected chi connectivity index (χ4v) is 4.67. The zero-order valence-corrected chi connectivity index (χ0v) is 19.2. The fourth-order valence-electron chi connectivity index (χ4n) is 4.35. The van der Waals surface area contributed by atoms with Gasteiger partial charge in [0.05, 0.1) is 30.9 Å². The van der Waals surface area contributed by atoms with Crippen molar-refractivity contribution in [3.63, 3.8) is 0 Å². The number of hydrogen-bond acceptors (Lipinski definition) is 4. The van der Waals surface area contributed by atoms with Crippen LogP contribution in [0, 0.1) is 5.82 Å². The second kappa shape index (κ2) is 10.2. The minimum absolute atomic E-state index is 0.0146. The van der Waals surface area contributed by atoms with Crippen molar-refractivity contribution in [1.29, 1.82) is 0 Å². The lowest BCUT2D eigenvalue weighted by Gasteiger charge is -2.38. The molecule has 0 saturated carbocycles. The highest BCUT2D eigenvalue weighted by Crippen LogP contribution is 2.35. The highest BCUT2D eigenvalue weighted by atomic mass is 35.5. The van der Waals surface area contributed by atoms with Gasteiger partial charge in [0.2, 0.25) is 0 Å². The van der Waals surface area contributed by atoms with E-state index < -0.39 is 6.10 Å². The first kappa shape index (κ1) is 23.0. The van der Waals surface area contributed by atoms with Gasteiger partial charge in [0.1, 0.15) is 11.6 Å². The molecule has 2 unspecified atom stereocenters. The van der Waals surface area contributed by atoms with Crippen LogP contribution < -0.4 is 4.74 Å². The van der Waals surface area contributed by atoms with Crippen LogP contribution in [-0.4, -0.2) is 42.4 Å². The van der Waals surface area contributed by atoms with Gasteiger partial charge in [0.15, 0.2) is 0 Å². The number of aliphatic hydroxyl groups is 1. The van der Waals surface area contributed by atoms with Crippen LogP contribution in [-0.2, 0) is 11.3 Å². The summed E-state index contributed by atoms with van der Waals surface area (Å²) in [5.41, 5.74) is 1.85. The fraction of sp³-hybridized carbons (Fsp3) is 0.385. The lowest BCUT2D eigenvalue weighted by molar-refractivity contribution is -0.0269. The van der Waals surface area contributed by atoms with Crippen LogP contribution in [0.5, 0.6) is 5.75 Å². The van der Waals surface area contributed by atoms with E-state index in [4.69, 9.17) is 21.1 Å². The van der Waals surface area contributed by atoms with E-state index in [0.29, 0.717) is 17.4 Å². The Hall–Kier alpha value is -2.18. The number of rotatable bonds is 7. The molecule has 0 spiro atoms. The molecule has 1 aliphatic heterocycles. The molecule has 0 aromatic heterocycles. The number of methoxy groups -OCH3 is 1. The van der Waals surface area contributed by atoms with Gasteiger partial charge < -0.3 is 14.6 Å². The third kappa shape index (κ3) is 5.07. The van der Waals surface area contributed by atoms with Crippen LogP contribution in [0.15, 0.2) is 54.6 Å². The van der Waals surface area contributed by atoms with E-state index in [1.807, 2.05) is 30.3 Å². The van der Waals surface area contributed by atoms with E-state index in [0.717, 1.165) is 47.8 Å². The maximum atomic E-state index is 13.0. The number of halogens is 2. The number of fused-ring (bicyclic) bond motifs is 1. The van der Waals surface area contributed by atoms with Crippen molar-refractivity contribution in [3.05, 3.63) is 76.6 Å². The maximum Gasteiger partial charge on any atom is 0.138 e. The molecule has 0 bridgehead atoms. The summed E-state index contributed by atoms with van der Waals surface area (Å²) in [5, 5.41) is 13.5. The summed E-state index contributed by atoms with van der Waals surface area (Å²) in [4.78, 5) is 2.31. The largest absolute Gasteiger partial charge is 0.495 e. The Morgan fingerprint density at radius 1 is 1.09 bits per heavy atom. The highest BCUT2D eigenvalue weighted by Gasteiger charge is 2.28. The lowest BCUT2D eigenvalue weighted by Crippen LogP contribution is -2.44. The van der Waals surface area contributed by atoms with Crippen LogP contribution in [0.4, 0.5) is 4.39 Å². The monoisotopic (exact) mass is 457 g/mol. The minimum atomic E-state index is -0.600. The molecule has 1 fully saturated rings. The van der Waals surface area contributed by atoms with Crippen LogP contribution in [0.3, 0.4) is 0 Å². The quantitative estimate of drug-likeness (QED) is 0.491. The van der Waals surface area contributed by atoms with Gasteiger partial charge in [0.25, 0.3) is 0 Å². The van der Waals surface area contributed by atoms with Crippen molar-refractivity contribution in [1.82, 2.24) is 4.90 Å². The summed E-state index contributed by atoms with van der Waals surface area (Å²) < 4.78 is 24.4. The molecule has 4 rings (SSSR count). The number of piperidine rings is 1. The van der Waals surface area contributed by atoms with Gasteiger partial charge in [-0.25, -0.2) is 4.39 Å². The van der Waals surface area contributed by atoms with Crippen molar-refractivity contribution >= 4 is 22.4 Å². The van der Waals surface area contributed by atoms with Crippen LogP contribution in [0.25, 0.3) is 10.8 Å². The van der Waals surface area contributed by atoms with Gasteiger partial charge in [-0.05, 0) is 60.5 Å². The van der Waals surface area contributed by atoms with Gasteiger partial charge in [-0.2, -0.15) is 0 Å². The third-order valence-electron chi connectivity index (χ3n) is 6.41. The van der Waals surface area contributed by atoms with Crippen LogP contribution in [0.1, 0.15) is 37.0 Å². The van der Waals surface area contributed by atoms with Gasteiger partial charge in [-0.1, -0.05) is 41.9 Å². The molecule has 3 aromatic carbocycles. The first-order valence-electron chi connectivity index (χ1n) is 11.0. The molecular weight excluding hydrogens is 429 g/mol. The van der Waals surface area contributed by atoms with Crippen molar-refractivity contribution in [3.8, 4) is 5.75 Å². The van der Waals surface area contributed by atoms with Crippen molar-refractivity contribution in [2.75, 3.05) is 20.2 Å². The standard InChI is InChI=1S/C26H29ClFNO3/c1-17(26(30)20-5-9-23-19(15-20)6-10-24(31-2)25(23)27)29-13-11-22(12-14-29)32-16-18-3-7-21(28)8-4-18/h3-10,15,17,22,26,30H,11-14,16H2,1-2H3. The zero-order chi connectivity index (χ0) is 22.7. The molecule has 1 N–H and O–H groups in total. The second-order valence-electron chi connectivity index (χ2n) is 8.42. The van der Waals surface area contributed by atoms with E-state index in [9.17, 15) is 9.50 Å². The average Bonchev–Trinajstić information content (AvgIpc) is 2.83. The van der Waals surface area contributed by atoms with Gasteiger partial charge in [-0.3, -0.25) is 4.90 Å². The molecule has 6 heteroatoms. The Labute approximate surface area is 193 Å². The van der Waals surface area contributed by atoms with Gasteiger partial charge >= 0.3 is 0 Å². The molecule has 2 atom stereocenters. The van der Waals surface area contributed by atoms with E-state index in [2.05, 4.69) is 11.8 Å². The molecule has 3 aromatic rings. The van der Waals surface area contributed by atoms with Crippen molar-refractivity contribution < 1.29 is 19.0 Å². The van der Waals surface area contributed by atoms with Crippen molar-refractivity contribution in [2.24, 2.45) is 0 Å². The van der Waals surface area contributed by atoms with E-state index in [1.54, 1.807) is 19.2 Å². The number of aliphatic hydroxyl groups excluding tert-OH is 1. The number of likely N-dealkylation sites (tertiary alicyclic amines) is 1. The average molecular weight is 458 g/mol. The number of benzene rings is 3. The molecule has 0 amide bonds. The second-order valence-corrected chi connectivity index (χ2v) is 8.80. The Morgan fingerprint density at radius 3 is 2.50 bits per heavy atom. The predicted octanol–water partition coefficient (Wildman–Crippen LogP) is 5.74. The lowest BCUT2D eigenvalue weighted by atomic mass is 9.97. The summed E-state index contributed by atoms with van der Waals surface area (Å²) in [6.45, 7) is 4.29. The van der Waals surface area contributed by atoms with Gasteiger partial charge in [0, 0.05) is 24.5 Å². The molecule has 1 heterocycles. The molecule has 32 heavy (non-hydrogen) atoms. The zero-order valence-electron chi connectivity index (χ0n) is 18.4. The molecule has 4 nitrogen and oxygen atoms in total. The van der Waals surface area contributed by atoms with E-state index in [-0.39, 0.29) is 18.0 Å². The molecule has 170 valence electrons. The summed E-state index contributed by atoms with van der Waals surface area (Å²) in [7, 11) is 1.60. The Bertz CT molecular complexity index is 1050. The topological polar surface area (TPSA) is 41.9 Å². The SMILES string of the molecule is COc1ccc2cc(C(O)C(C)N3CCC(OCc4ccc(F)cc4)CC3)ccc2c1Cl. The molecule has 0 aliphatic carbocycles. The first-order chi connectivity index (χ1) is 15.5. The smallest absolute Gasteiger partial charge is 0.138 e. The Balaban J connectivity index is 1.34. The summed E-state index contributed by atoms with van der Waals surface area (Å²) >= 11 is 6.42. The Morgan fingerprint density at radius 2 is 1.81 bits per heavy atom. The van der Waals surface area contributed by atoms with Gasteiger partial charge in [-0.15, -0.1) is 0 Å². The third-order valence-corrected chi connectivity index (χ3v) is 6.80. The van der Waals surface area contributed by atoms with Crippen LogP contribution in [0.2, 0.25) is 5.02 Å². The van der Waals surface area contributed by atoms with E-state index >= 15 is 0 Å². The molecule has 1 aliphatic rings. The minimum Gasteiger partial charge on any atom is -0.495 e. The highest BCUT2D eigenvalue weighted by molar-refractivity contribution is 6.37. The summed E-state index contributed by atoms with van der Waals surface area (Å²) in [6.07, 6.45) is 1.40. The van der Waals surface area contributed by atoms with Crippen LogP contribution >= 0.6 is 11.6 Å². The number of nitrogens with zero attached hydrogens (tertiary/aromatic N) is 1. The number of ether oxygens (including phenoxy) is 2. The Kier molecular flexibility index (Phi) is 7.31. The molecular formula is C26H29ClFNO3. The molecule has 0 radical (unpaired) electrons. The summed E-state index contributed by atoms with van der Waals surface area (Å²) in [5.74, 6) is 0.411. The summed E-state index contributed by atoms with van der Waals surface area (Å²) in [6, 6.07) is 16.1.